The van der Waals surface area contributed by atoms with Crippen LogP contribution in [0.25, 0.3) is 0 Å². The van der Waals surface area contributed by atoms with Gasteiger partial charge in [-0.05, 0) is 19.4 Å². The van der Waals surface area contributed by atoms with E-state index in [1.807, 2.05) is 50.3 Å². The molecule has 1 rings (SSSR count). The van der Waals surface area contributed by atoms with Crippen molar-refractivity contribution in [1.29, 1.82) is 0 Å². The van der Waals surface area contributed by atoms with Crippen LogP contribution in [0, 0.1) is 0 Å². The fourth-order valence-corrected chi connectivity index (χ4v) is 2.06. The van der Waals surface area contributed by atoms with E-state index in [4.69, 9.17) is 4.74 Å². The Hall–Kier alpha value is -1.96. The van der Waals surface area contributed by atoms with E-state index in [-0.39, 0.29) is 12.2 Å². The predicted octanol–water partition coefficient (Wildman–Crippen LogP) is 3.23. The number of rotatable bonds is 7. The Bertz CT molecular complexity index is 520. The molecule has 0 saturated heterocycles. The number of benzene rings is 1. The third kappa shape index (κ3) is 3.77. The van der Waals surface area contributed by atoms with Crippen molar-refractivity contribution in [3.63, 3.8) is 0 Å². The lowest BCUT2D eigenvalue weighted by molar-refractivity contribution is -0.141. The summed E-state index contributed by atoms with van der Waals surface area (Å²) in [5.74, 6) is 1.50. The van der Waals surface area contributed by atoms with Gasteiger partial charge in [0.1, 0.15) is 5.94 Å². The van der Waals surface area contributed by atoms with Crippen molar-refractivity contribution in [3.8, 4) is 0 Å². The normalized spacial score (nSPS) is 12.9. The van der Waals surface area contributed by atoms with Crippen molar-refractivity contribution in [3.05, 3.63) is 53.6 Å². The smallest absolute Gasteiger partial charge is 0.173 e. The van der Waals surface area contributed by atoms with E-state index in [1.54, 1.807) is 5.94 Å². The Labute approximate surface area is 120 Å². The molecule has 20 heavy (non-hydrogen) atoms. The van der Waals surface area contributed by atoms with Gasteiger partial charge in [0.05, 0.1) is 0 Å². The standard InChI is InChI=1S/C17H20O3/c1-14(2)11-12-17(20-3,16(19)10-7-13-18)15-8-5-4-6-9-15/h4-9,11H,10,12H2,1-3H3. The maximum absolute atomic E-state index is 12.5. The largest absolute Gasteiger partial charge is 0.365 e. The highest BCUT2D eigenvalue weighted by Gasteiger charge is 2.38. The van der Waals surface area contributed by atoms with Crippen molar-refractivity contribution in [1.82, 2.24) is 0 Å². The summed E-state index contributed by atoms with van der Waals surface area (Å²) >= 11 is 0. The molecule has 0 aromatic heterocycles. The molecule has 3 heteroatoms. The number of Topliss-reactive ketones (excluding diaryl/α,β-unsaturated/α-hetero) is 1. The molecule has 0 amide bonds. The molecule has 0 aliphatic heterocycles. The zero-order valence-corrected chi connectivity index (χ0v) is 12.2. The van der Waals surface area contributed by atoms with E-state index < -0.39 is 5.60 Å². The molecule has 1 aromatic carbocycles. The van der Waals surface area contributed by atoms with Crippen LogP contribution in [0.15, 0.2) is 48.1 Å². The van der Waals surface area contributed by atoms with Crippen molar-refractivity contribution in [2.45, 2.75) is 32.3 Å². The highest BCUT2D eigenvalue weighted by atomic mass is 16.5. The van der Waals surface area contributed by atoms with Crippen molar-refractivity contribution in [2.24, 2.45) is 0 Å². The van der Waals surface area contributed by atoms with Crippen molar-refractivity contribution < 1.29 is 14.3 Å². The zero-order valence-electron chi connectivity index (χ0n) is 12.2. The first kappa shape index (κ1) is 16.1. The van der Waals surface area contributed by atoms with Gasteiger partial charge in [0.2, 0.25) is 0 Å². The summed E-state index contributed by atoms with van der Waals surface area (Å²) in [5, 5.41) is 0. The van der Waals surface area contributed by atoms with Crippen LogP contribution in [0.4, 0.5) is 0 Å². The Balaban J connectivity index is 3.25. The van der Waals surface area contributed by atoms with E-state index in [0.717, 1.165) is 11.1 Å². The van der Waals surface area contributed by atoms with Gasteiger partial charge in [0.15, 0.2) is 11.4 Å². The van der Waals surface area contributed by atoms with Crippen LogP contribution in [0.1, 0.15) is 32.3 Å². The lowest BCUT2D eigenvalue weighted by Gasteiger charge is -2.30. The molecule has 0 aliphatic carbocycles. The number of ketones is 1. The molecule has 1 unspecified atom stereocenters. The number of allylic oxidation sites excluding steroid dienone is 2. The second-order valence-electron chi connectivity index (χ2n) is 4.83. The maximum atomic E-state index is 12.5. The molecule has 0 aliphatic rings. The second-order valence-corrected chi connectivity index (χ2v) is 4.83. The monoisotopic (exact) mass is 272 g/mol. The average molecular weight is 272 g/mol. The Morgan fingerprint density at radius 1 is 1.30 bits per heavy atom. The van der Waals surface area contributed by atoms with Crippen LogP contribution in [-0.4, -0.2) is 18.8 Å². The molecule has 0 heterocycles. The molecule has 0 fully saturated rings. The molecule has 0 radical (unpaired) electrons. The summed E-state index contributed by atoms with van der Waals surface area (Å²) in [5.41, 5.74) is 0.858. The molecule has 0 saturated carbocycles. The van der Waals surface area contributed by atoms with Gasteiger partial charge in [0.25, 0.3) is 0 Å². The number of carbonyl (C=O) groups excluding carboxylic acids is 2. The van der Waals surface area contributed by atoms with Crippen LogP contribution in [0.3, 0.4) is 0 Å². The lowest BCUT2D eigenvalue weighted by Crippen LogP contribution is -2.37. The summed E-state index contributed by atoms with van der Waals surface area (Å²) in [4.78, 5) is 22.8. The third-order valence-electron chi connectivity index (χ3n) is 3.21. The van der Waals surface area contributed by atoms with E-state index >= 15 is 0 Å². The maximum Gasteiger partial charge on any atom is 0.173 e. The third-order valence-corrected chi connectivity index (χ3v) is 3.21. The molecular weight excluding hydrogens is 252 g/mol. The summed E-state index contributed by atoms with van der Waals surface area (Å²) in [6.07, 6.45) is 3.63. The molecule has 1 atom stereocenters. The van der Waals surface area contributed by atoms with Gasteiger partial charge in [-0.3, -0.25) is 4.79 Å². The van der Waals surface area contributed by atoms with E-state index in [0.29, 0.717) is 6.42 Å². The minimum Gasteiger partial charge on any atom is -0.365 e. The SMILES string of the molecule is COC(CC=C(C)C)(C(=O)CC=C=O)c1ccccc1. The number of ether oxygens (including phenoxy) is 1. The highest BCUT2D eigenvalue weighted by molar-refractivity contribution is 5.90. The quantitative estimate of drug-likeness (QED) is 0.565. The van der Waals surface area contributed by atoms with Crippen LogP contribution >= 0.6 is 0 Å². The molecule has 0 spiro atoms. The van der Waals surface area contributed by atoms with E-state index in [2.05, 4.69) is 0 Å². The summed E-state index contributed by atoms with van der Waals surface area (Å²) < 4.78 is 5.59. The van der Waals surface area contributed by atoms with Crippen molar-refractivity contribution in [2.75, 3.05) is 7.11 Å². The van der Waals surface area contributed by atoms with Crippen LogP contribution < -0.4 is 0 Å². The number of methoxy groups -OCH3 is 1. The molecule has 1 aromatic rings. The van der Waals surface area contributed by atoms with Gasteiger partial charge in [-0.1, -0.05) is 42.0 Å². The molecule has 106 valence electrons. The van der Waals surface area contributed by atoms with E-state index in [9.17, 15) is 9.59 Å². The minimum absolute atomic E-state index is 0.0167. The Morgan fingerprint density at radius 3 is 2.45 bits per heavy atom. The number of carbonyl (C=O) groups is 1. The zero-order chi connectivity index (χ0) is 15.0. The highest BCUT2D eigenvalue weighted by Crippen LogP contribution is 2.32. The van der Waals surface area contributed by atoms with E-state index in [1.165, 1.54) is 13.2 Å². The summed E-state index contributed by atoms with van der Waals surface area (Å²) in [6, 6.07) is 9.36. The molecule has 0 bridgehead atoms. The van der Waals surface area contributed by atoms with Gasteiger partial charge in [-0.15, -0.1) is 0 Å². The van der Waals surface area contributed by atoms with Crippen LogP contribution in [0.5, 0.6) is 0 Å². The average Bonchev–Trinajstić information content (AvgIpc) is 2.47. The van der Waals surface area contributed by atoms with Gasteiger partial charge in [0, 0.05) is 26.0 Å². The predicted molar refractivity (Wildman–Crippen MR) is 79.1 cm³/mol. The molecule has 3 nitrogen and oxygen atoms in total. The molecule has 0 N–H and O–H groups in total. The first-order valence-electron chi connectivity index (χ1n) is 6.53. The van der Waals surface area contributed by atoms with Crippen molar-refractivity contribution >= 4 is 11.7 Å². The lowest BCUT2D eigenvalue weighted by atomic mass is 9.84. The summed E-state index contributed by atoms with van der Waals surface area (Å²) in [7, 11) is 1.52. The van der Waals surface area contributed by atoms with Gasteiger partial charge in [-0.2, -0.15) is 0 Å². The minimum atomic E-state index is -1.05. The fraction of sp³-hybridized carbons (Fsp3) is 0.353. The second kappa shape index (κ2) is 7.59. The fourth-order valence-electron chi connectivity index (χ4n) is 2.06. The number of hydrogen-bond donors (Lipinski definition) is 0. The summed E-state index contributed by atoms with van der Waals surface area (Å²) in [6.45, 7) is 3.95. The topological polar surface area (TPSA) is 43.4 Å². The molecular formula is C17H20O3. The van der Waals surface area contributed by atoms with Gasteiger partial charge < -0.3 is 4.74 Å². The number of hydrogen-bond acceptors (Lipinski definition) is 3. The van der Waals surface area contributed by atoms with Gasteiger partial charge in [-0.25, -0.2) is 4.79 Å². The van der Waals surface area contributed by atoms with Crippen LogP contribution in [-0.2, 0) is 19.9 Å². The van der Waals surface area contributed by atoms with Crippen LogP contribution in [0.2, 0.25) is 0 Å². The first-order valence-corrected chi connectivity index (χ1v) is 6.53. The van der Waals surface area contributed by atoms with Gasteiger partial charge >= 0.3 is 0 Å². The first-order chi connectivity index (χ1) is 9.56. The Morgan fingerprint density at radius 2 is 1.95 bits per heavy atom. The Kier molecular flexibility index (Phi) is 6.10.